The highest BCUT2D eigenvalue weighted by molar-refractivity contribution is 5.69. The number of unbranched alkanes of at least 4 members (excludes halogenated alkanes) is 29. The van der Waals surface area contributed by atoms with Crippen molar-refractivity contribution < 1.29 is 18.8 Å². The summed E-state index contributed by atoms with van der Waals surface area (Å²) in [6, 6.07) is 0. The van der Waals surface area contributed by atoms with Crippen LogP contribution in [0.2, 0.25) is 0 Å². The largest absolute Gasteiger partial charge is 0.384 e. The van der Waals surface area contributed by atoms with Crippen LogP contribution in [0.3, 0.4) is 0 Å². The van der Waals surface area contributed by atoms with Crippen LogP contribution in [0.5, 0.6) is 0 Å². The molecular weight excluding hydrogens is 602 g/mol. The van der Waals surface area contributed by atoms with Crippen molar-refractivity contribution in [2.75, 3.05) is 26.7 Å². The molecule has 0 N–H and O–H groups in total. The maximum atomic E-state index is 13.4. The number of rotatable bonds is 40. The van der Waals surface area contributed by atoms with Gasteiger partial charge in [0, 0.05) is 6.42 Å². The van der Waals surface area contributed by atoms with Crippen molar-refractivity contribution in [1.29, 1.82) is 0 Å². The topological polar surface area (TPSA) is 35.5 Å². The van der Waals surface area contributed by atoms with Crippen molar-refractivity contribution >= 4 is 5.97 Å². The Morgan fingerprint density at radius 2 is 0.714 bits per heavy atom. The zero-order valence-electron chi connectivity index (χ0n) is 34.8. The van der Waals surface area contributed by atoms with Crippen LogP contribution in [0, 0.1) is 0 Å². The number of carbonyl (C=O) groups excluding carboxylic acids is 1. The van der Waals surface area contributed by atoms with Crippen molar-refractivity contribution in [2.45, 2.75) is 259 Å². The number of esters is 1. The molecule has 4 nitrogen and oxygen atoms in total. The zero-order chi connectivity index (χ0) is 36.2. The third kappa shape index (κ3) is 28.6. The number of hydrogen-bond acceptors (Lipinski definition) is 3. The molecular formula is C45H92NO3+. The van der Waals surface area contributed by atoms with Gasteiger partial charge in [0.15, 0.2) is 0 Å². The highest BCUT2D eigenvalue weighted by atomic mass is 16.7. The van der Waals surface area contributed by atoms with E-state index >= 15 is 0 Å². The van der Waals surface area contributed by atoms with E-state index in [-0.39, 0.29) is 5.97 Å². The molecule has 4 heteroatoms. The maximum absolute atomic E-state index is 13.4. The van der Waals surface area contributed by atoms with E-state index in [1.165, 1.54) is 193 Å². The molecule has 0 aromatic heterocycles. The predicted molar refractivity (Wildman–Crippen MR) is 216 cm³/mol. The van der Waals surface area contributed by atoms with E-state index in [9.17, 15) is 4.79 Å². The van der Waals surface area contributed by atoms with E-state index in [1.54, 1.807) is 0 Å². The average Bonchev–Trinajstić information content (AvgIpc) is 3.09. The van der Waals surface area contributed by atoms with Gasteiger partial charge in [0.05, 0.1) is 33.7 Å². The lowest BCUT2D eigenvalue weighted by molar-refractivity contribution is -1.01. The Bertz CT molecular complexity index is 666. The second-order valence-electron chi connectivity index (χ2n) is 16.1. The van der Waals surface area contributed by atoms with Gasteiger partial charge in [0.25, 0.3) is 0 Å². The van der Waals surface area contributed by atoms with Crippen LogP contribution in [0.4, 0.5) is 0 Å². The molecule has 1 atom stereocenters. The van der Waals surface area contributed by atoms with E-state index in [1.807, 2.05) is 0 Å². The fourth-order valence-corrected chi connectivity index (χ4v) is 7.34. The Morgan fingerprint density at radius 3 is 1.06 bits per heavy atom. The molecule has 0 saturated carbocycles. The van der Waals surface area contributed by atoms with Crippen LogP contribution < -0.4 is 0 Å². The summed E-state index contributed by atoms with van der Waals surface area (Å²) < 4.78 is 13.9. The minimum atomic E-state index is -0.916. The lowest BCUT2D eigenvalue weighted by Crippen LogP contribution is -2.64. The monoisotopic (exact) mass is 695 g/mol. The van der Waals surface area contributed by atoms with Gasteiger partial charge in [-0.05, 0) is 38.5 Å². The predicted octanol–water partition coefficient (Wildman–Crippen LogP) is 15.0. The third-order valence-corrected chi connectivity index (χ3v) is 11.1. The first kappa shape index (κ1) is 48.4. The molecule has 0 bridgehead atoms. The van der Waals surface area contributed by atoms with Crippen molar-refractivity contribution in [1.82, 2.24) is 0 Å². The zero-order valence-corrected chi connectivity index (χ0v) is 34.8. The molecule has 1 unspecified atom stereocenters. The molecule has 0 radical (unpaired) electrons. The van der Waals surface area contributed by atoms with Gasteiger partial charge in [-0.1, -0.05) is 201 Å². The summed E-state index contributed by atoms with van der Waals surface area (Å²) in [5, 5.41) is 0. The molecule has 294 valence electrons. The summed E-state index contributed by atoms with van der Waals surface area (Å²) in [7, 11) is 2.33. The van der Waals surface area contributed by atoms with Crippen LogP contribution in [-0.4, -0.2) is 43.1 Å². The normalized spacial score (nSPS) is 13.2. The Kier molecular flexibility index (Phi) is 35.3. The fourth-order valence-electron chi connectivity index (χ4n) is 7.34. The first-order valence-electron chi connectivity index (χ1n) is 22.6. The molecule has 0 aromatic carbocycles. The van der Waals surface area contributed by atoms with Gasteiger partial charge in [0.2, 0.25) is 0 Å². The number of quaternary nitrogens is 1. The smallest absolute Gasteiger partial charge is 0.360 e. The van der Waals surface area contributed by atoms with Crippen molar-refractivity contribution in [2.24, 2.45) is 0 Å². The molecule has 0 rings (SSSR count). The number of ether oxygens (including phenoxy) is 2. The molecule has 0 amide bonds. The highest BCUT2D eigenvalue weighted by Gasteiger charge is 2.48. The van der Waals surface area contributed by atoms with Crippen LogP contribution in [-0.2, 0) is 14.3 Å². The van der Waals surface area contributed by atoms with Crippen molar-refractivity contribution in [3.8, 4) is 0 Å². The molecule has 49 heavy (non-hydrogen) atoms. The Labute approximate surface area is 309 Å². The van der Waals surface area contributed by atoms with E-state index in [4.69, 9.17) is 9.47 Å². The number of carbonyl (C=O) groups is 1. The summed E-state index contributed by atoms with van der Waals surface area (Å²) in [6.45, 7) is 14.0. The molecule has 0 saturated heterocycles. The SMILES string of the molecule is CCCCCCCCCCCCCCOC(C)(OC(=O)CCCCCCCCCCC)[N+](C)(CCCCCCCC)CCCCCCCC. The number of nitrogens with zero attached hydrogens (tertiary/aromatic N) is 1. The van der Waals surface area contributed by atoms with Gasteiger partial charge in [-0.3, -0.25) is 14.0 Å². The van der Waals surface area contributed by atoms with Crippen LogP contribution in [0.25, 0.3) is 0 Å². The van der Waals surface area contributed by atoms with Gasteiger partial charge in [-0.2, -0.15) is 0 Å². The summed E-state index contributed by atoms with van der Waals surface area (Å²) in [5.74, 6) is -0.976. The first-order chi connectivity index (χ1) is 23.9. The van der Waals surface area contributed by atoms with Gasteiger partial charge in [-0.25, -0.2) is 0 Å². The van der Waals surface area contributed by atoms with Crippen molar-refractivity contribution in [3.63, 3.8) is 0 Å². The summed E-state index contributed by atoms with van der Waals surface area (Å²) >= 11 is 0. The van der Waals surface area contributed by atoms with Crippen LogP contribution >= 0.6 is 0 Å². The summed E-state index contributed by atoms with van der Waals surface area (Å²) in [6.07, 6.45) is 43.2. The lowest BCUT2D eigenvalue weighted by Gasteiger charge is -2.47. The molecule has 0 fully saturated rings. The van der Waals surface area contributed by atoms with Crippen LogP contribution in [0.15, 0.2) is 0 Å². The lowest BCUT2D eigenvalue weighted by atomic mass is 10.1. The second-order valence-corrected chi connectivity index (χ2v) is 16.1. The minimum absolute atomic E-state index is 0.0598. The standard InChI is InChI=1S/C45H92NO3/c1-7-11-15-19-23-25-26-27-29-31-35-39-43-48-45(5,49-44(47)40-36-32-30-28-24-20-16-12-8-2)46(6,41-37-33-21-17-13-9-3)42-38-34-22-18-14-10-4/h7-43H2,1-6H3/q+1. The quantitative estimate of drug-likeness (QED) is 0.0277. The van der Waals surface area contributed by atoms with Crippen molar-refractivity contribution in [3.05, 3.63) is 0 Å². The highest BCUT2D eigenvalue weighted by Crippen LogP contribution is 2.30. The molecule has 0 spiro atoms. The van der Waals surface area contributed by atoms with Gasteiger partial charge in [0.1, 0.15) is 0 Å². The Balaban J connectivity index is 5.13. The van der Waals surface area contributed by atoms with Crippen LogP contribution in [0.1, 0.15) is 253 Å². The van der Waals surface area contributed by atoms with Gasteiger partial charge in [-0.15, -0.1) is 0 Å². The Hall–Kier alpha value is -0.610. The summed E-state index contributed by atoms with van der Waals surface area (Å²) in [5.41, 5.74) is 0. The minimum Gasteiger partial charge on any atom is -0.384 e. The van der Waals surface area contributed by atoms with Gasteiger partial charge >= 0.3 is 11.9 Å². The maximum Gasteiger partial charge on any atom is 0.360 e. The van der Waals surface area contributed by atoms with E-state index in [2.05, 4.69) is 41.7 Å². The molecule has 0 aliphatic rings. The third-order valence-electron chi connectivity index (χ3n) is 11.1. The van der Waals surface area contributed by atoms with E-state index < -0.39 is 5.91 Å². The average molecular weight is 695 g/mol. The number of hydrogen-bond donors (Lipinski definition) is 0. The van der Waals surface area contributed by atoms with E-state index in [0.717, 1.165) is 32.4 Å². The van der Waals surface area contributed by atoms with Gasteiger partial charge < -0.3 is 4.74 Å². The molecule has 0 aliphatic heterocycles. The second kappa shape index (κ2) is 35.8. The molecule has 0 heterocycles. The fraction of sp³-hybridized carbons (Fsp3) is 0.978. The first-order valence-corrected chi connectivity index (χ1v) is 22.6. The molecule has 0 aliphatic carbocycles. The summed E-state index contributed by atoms with van der Waals surface area (Å²) in [4.78, 5) is 13.4. The van der Waals surface area contributed by atoms with E-state index in [0.29, 0.717) is 17.5 Å². The molecule has 0 aromatic rings. The Morgan fingerprint density at radius 1 is 0.429 bits per heavy atom.